The van der Waals surface area contributed by atoms with E-state index in [0.29, 0.717) is 12.1 Å². The minimum Gasteiger partial charge on any atom is -0.464 e. The molecule has 2 aliphatic heterocycles. The summed E-state index contributed by atoms with van der Waals surface area (Å²) < 4.78 is 4.84. The average molecular weight is 319 g/mol. The third kappa shape index (κ3) is 2.72. The van der Waals surface area contributed by atoms with Crippen molar-refractivity contribution in [2.75, 3.05) is 7.11 Å². The zero-order valence-electron chi connectivity index (χ0n) is 12.5. The van der Waals surface area contributed by atoms with E-state index in [0.717, 1.165) is 23.4 Å². The molecule has 2 atom stereocenters. The van der Waals surface area contributed by atoms with E-state index in [9.17, 15) is 9.59 Å². The van der Waals surface area contributed by atoms with E-state index in [-0.39, 0.29) is 17.2 Å². The highest BCUT2D eigenvalue weighted by atomic mass is 32.2. The molecule has 0 aliphatic carbocycles. The number of rotatable bonds is 5. The van der Waals surface area contributed by atoms with Crippen LogP contribution in [-0.2, 0) is 20.7 Å². The number of fused-ring (bicyclic) bond motifs is 1. The molecule has 0 N–H and O–H groups in total. The van der Waals surface area contributed by atoms with Gasteiger partial charge in [0.2, 0.25) is 5.91 Å². The molecule has 3 rings (SSSR count). The number of β-lactam (4-membered cyclic amide) rings is 1. The summed E-state index contributed by atoms with van der Waals surface area (Å²) in [5, 5.41) is 8.19. The van der Waals surface area contributed by atoms with Crippen LogP contribution in [0.5, 0.6) is 0 Å². The van der Waals surface area contributed by atoms with Crippen LogP contribution in [0.15, 0.2) is 28.9 Å². The molecule has 1 aromatic rings. The monoisotopic (exact) mass is 319 g/mol. The zero-order chi connectivity index (χ0) is 15.7. The van der Waals surface area contributed by atoms with E-state index < -0.39 is 5.97 Å². The lowest BCUT2D eigenvalue weighted by atomic mass is 10.0. The molecule has 2 unspecified atom stereocenters. The number of methoxy groups -OCH3 is 1. The minimum absolute atomic E-state index is 0.00239. The van der Waals surface area contributed by atoms with Crippen LogP contribution < -0.4 is 0 Å². The number of esters is 1. The van der Waals surface area contributed by atoms with Crippen LogP contribution in [0.3, 0.4) is 0 Å². The van der Waals surface area contributed by atoms with Crippen molar-refractivity contribution in [2.45, 2.75) is 37.5 Å². The van der Waals surface area contributed by atoms with Gasteiger partial charge in [0.1, 0.15) is 5.70 Å². The van der Waals surface area contributed by atoms with Crippen LogP contribution in [0.25, 0.3) is 0 Å². The van der Waals surface area contributed by atoms with Crippen molar-refractivity contribution < 1.29 is 14.3 Å². The summed E-state index contributed by atoms with van der Waals surface area (Å²) in [5.41, 5.74) is 1.35. The van der Waals surface area contributed by atoms with Crippen LogP contribution in [0.2, 0.25) is 0 Å². The van der Waals surface area contributed by atoms with Gasteiger partial charge in [-0.3, -0.25) is 4.79 Å². The maximum atomic E-state index is 12.0. The number of aromatic nitrogens is 2. The zero-order valence-corrected chi connectivity index (χ0v) is 13.3. The van der Waals surface area contributed by atoms with Gasteiger partial charge in [0, 0.05) is 35.6 Å². The Balaban J connectivity index is 1.74. The molecule has 3 heterocycles. The van der Waals surface area contributed by atoms with E-state index in [2.05, 4.69) is 17.1 Å². The fraction of sp³-hybridized carbons (Fsp3) is 0.467. The number of carbonyl (C=O) groups is 2. The molecule has 1 saturated heterocycles. The molecule has 22 heavy (non-hydrogen) atoms. The van der Waals surface area contributed by atoms with E-state index >= 15 is 0 Å². The van der Waals surface area contributed by atoms with Gasteiger partial charge in [0.15, 0.2) is 0 Å². The lowest BCUT2D eigenvalue weighted by Crippen LogP contribution is -2.49. The topological polar surface area (TPSA) is 72.4 Å². The van der Waals surface area contributed by atoms with Crippen molar-refractivity contribution in [3.05, 3.63) is 34.6 Å². The first-order valence-electron chi connectivity index (χ1n) is 7.17. The third-order valence-corrected chi connectivity index (χ3v) is 5.03. The second-order valence-corrected chi connectivity index (χ2v) is 6.97. The Morgan fingerprint density at radius 1 is 1.55 bits per heavy atom. The van der Waals surface area contributed by atoms with E-state index in [4.69, 9.17) is 4.74 Å². The molecule has 0 aromatic carbocycles. The molecular weight excluding hydrogens is 302 g/mol. The van der Waals surface area contributed by atoms with Gasteiger partial charge in [-0.2, -0.15) is 10.2 Å². The molecule has 1 aromatic heterocycles. The quantitative estimate of drug-likeness (QED) is 0.605. The molecule has 1 fully saturated rings. The molecule has 0 radical (unpaired) electrons. The molecule has 7 heteroatoms. The Morgan fingerprint density at radius 2 is 2.36 bits per heavy atom. The van der Waals surface area contributed by atoms with Crippen molar-refractivity contribution in [1.82, 2.24) is 15.1 Å². The summed E-state index contributed by atoms with van der Waals surface area (Å²) in [6.45, 7) is 2.08. The second kappa shape index (κ2) is 6.08. The average Bonchev–Trinajstić information content (AvgIpc) is 2.79. The smallest absolute Gasteiger partial charge is 0.355 e. The van der Waals surface area contributed by atoms with Gasteiger partial charge in [-0.25, -0.2) is 4.79 Å². The molecule has 0 saturated carbocycles. The van der Waals surface area contributed by atoms with Crippen LogP contribution in [0.4, 0.5) is 0 Å². The van der Waals surface area contributed by atoms with Crippen LogP contribution in [0, 0.1) is 0 Å². The standard InChI is InChI=1S/C15H17N3O3S/c1-9(6-10-4-3-5-16-17-10)22-12-7-11-8-13(19)18(11)14(12)15(20)21-2/h3-5,9,11H,6-8H2,1-2H3. The maximum Gasteiger partial charge on any atom is 0.355 e. The summed E-state index contributed by atoms with van der Waals surface area (Å²) in [4.78, 5) is 26.2. The van der Waals surface area contributed by atoms with E-state index in [1.54, 1.807) is 22.9 Å². The van der Waals surface area contributed by atoms with Crippen LogP contribution in [0.1, 0.15) is 25.5 Å². The summed E-state index contributed by atoms with van der Waals surface area (Å²) >= 11 is 1.62. The molecule has 6 nitrogen and oxygen atoms in total. The van der Waals surface area contributed by atoms with Gasteiger partial charge in [-0.15, -0.1) is 11.8 Å². The Hall–Kier alpha value is -1.89. The highest BCUT2D eigenvalue weighted by Crippen LogP contribution is 2.44. The number of amides is 1. The molecule has 2 aliphatic rings. The van der Waals surface area contributed by atoms with Crippen molar-refractivity contribution in [2.24, 2.45) is 0 Å². The van der Waals surface area contributed by atoms with Gasteiger partial charge in [-0.05, 0) is 12.1 Å². The van der Waals surface area contributed by atoms with Crippen molar-refractivity contribution in [1.29, 1.82) is 0 Å². The fourth-order valence-corrected chi connectivity index (χ4v) is 4.15. The Kier molecular flexibility index (Phi) is 4.15. The SMILES string of the molecule is COC(=O)C1=C(SC(C)Cc2cccnn2)CC2CC(=O)N12. The number of thioether (sulfide) groups is 1. The number of hydrogen-bond acceptors (Lipinski definition) is 6. The minimum atomic E-state index is -0.426. The van der Waals surface area contributed by atoms with Gasteiger partial charge in [0.05, 0.1) is 18.8 Å². The molecule has 116 valence electrons. The van der Waals surface area contributed by atoms with Crippen LogP contribution >= 0.6 is 11.8 Å². The number of nitrogens with zero attached hydrogens (tertiary/aromatic N) is 3. The van der Waals surface area contributed by atoms with E-state index in [1.807, 2.05) is 12.1 Å². The number of hydrogen-bond donors (Lipinski definition) is 0. The predicted octanol–water partition coefficient (Wildman–Crippen LogP) is 1.53. The number of ether oxygens (including phenoxy) is 1. The first-order valence-corrected chi connectivity index (χ1v) is 8.05. The Bertz CT molecular complexity index is 632. The molecule has 0 spiro atoms. The summed E-state index contributed by atoms with van der Waals surface area (Å²) in [7, 11) is 1.35. The lowest BCUT2D eigenvalue weighted by molar-refractivity contribution is -0.148. The number of carbonyl (C=O) groups excluding carboxylic acids is 2. The van der Waals surface area contributed by atoms with Crippen LogP contribution in [-0.4, -0.2) is 45.4 Å². The largest absolute Gasteiger partial charge is 0.464 e. The van der Waals surface area contributed by atoms with Crippen molar-refractivity contribution in [3.63, 3.8) is 0 Å². The van der Waals surface area contributed by atoms with Gasteiger partial charge >= 0.3 is 5.97 Å². The summed E-state index contributed by atoms with van der Waals surface area (Å²) in [6.07, 6.45) is 3.66. The van der Waals surface area contributed by atoms with Crippen molar-refractivity contribution >= 4 is 23.6 Å². The second-order valence-electron chi connectivity index (χ2n) is 5.44. The summed E-state index contributed by atoms with van der Waals surface area (Å²) in [6, 6.07) is 3.93. The molecule has 1 amide bonds. The first kappa shape index (κ1) is 15.0. The highest BCUT2D eigenvalue weighted by molar-refractivity contribution is 8.03. The van der Waals surface area contributed by atoms with Gasteiger partial charge in [-0.1, -0.05) is 6.92 Å². The molecule has 0 bridgehead atoms. The Morgan fingerprint density at radius 3 is 3.00 bits per heavy atom. The lowest BCUT2D eigenvalue weighted by Gasteiger charge is -2.35. The van der Waals surface area contributed by atoms with E-state index in [1.165, 1.54) is 7.11 Å². The predicted molar refractivity (Wildman–Crippen MR) is 81.7 cm³/mol. The highest BCUT2D eigenvalue weighted by Gasteiger charge is 2.48. The third-order valence-electron chi connectivity index (χ3n) is 3.82. The molecular formula is C15H17N3O3S. The fourth-order valence-electron chi connectivity index (χ4n) is 2.83. The van der Waals surface area contributed by atoms with Crippen molar-refractivity contribution in [3.8, 4) is 0 Å². The van der Waals surface area contributed by atoms with Gasteiger partial charge in [0.25, 0.3) is 0 Å². The van der Waals surface area contributed by atoms with Gasteiger partial charge < -0.3 is 9.64 Å². The normalized spacial score (nSPS) is 21.5. The Labute approximate surface area is 132 Å². The summed E-state index contributed by atoms with van der Waals surface area (Å²) in [5.74, 6) is -0.424. The first-order chi connectivity index (χ1) is 10.6. The maximum absolute atomic E-state index is 12.0.